The minimum atomic E-state index is -0.832. The Labute approximate surface area is 268 Å². The Morgan fingerprint density at radius 1 is 0.683 bits per heavy atom. The standard InChI is InChI=1S/C18H32N2O4.2C6H15OP.Tc/c1-7-23-17(3,4)15(21)9-11-19-13-14-20-12-10-16(22)18(5,6)24-8-2;2*1-7-5-4-6-8(2)3;/h9-12,21-22H,7-8,13-14H2,1-6H3;2*4-6H2,1-3H3;/b15-9-,16-10-,19-11?,20-12?;;;/i;;;1+1. The van der Waals surface area contributed by atoms with E-state index in [2.05, 4.69) is 36.6 Å². The fraction of sp³-hybridized carbons (Fsp3) is 0.800. The average Bonchev–Trinajstić information content (AvgIpc) is 2.86. The van der Waals surface area contributed by atoms with Gasteiger partial charge in [-0.05, 0) is 57.4 Å². The van der Waals surface area contributed by atoms with Crippen molar-refractivity contribution in [3.05, 3.63) is 23.7 Å². The molecule has 11 heteroatoms. The SMILES string of the molecule is CCOC(C)(C)/C([O-])=C/C=NCCN=C/C=C(\[O-])C(C)(C)OCC.COCCC[PH+](C)C.COCCC[PH+](C)C.[99Tc]. The van der Waals surface area contributed by atoms with Crippen LogP contribution < -0.4 is 10.2 Å². The van der Waals surface area contributed by atoms with Gasteiger partial charge in [-0.25, -0.2) is 0 Å². The van der Waals surface area contributed by atoms with E-state index < -0.39 is 11.2 Å². The van der Waals surface area contributed by atoms with E-state index in [1.165, 1.54) is 49.7 Å². The monoisotopic (exact) mass is 707 g/mol. The van der Waals surface area contributed by atoms with Crippen LogP contribution in [0, 0.1) is 0 Å². The van der Waals surface area contributed by atoms with Gasteiger partial charge in [0.2, 0.25) is 0 Å². The number of hydrogen-bond acceptors (Lipinski definition) is 8. The van der Waals surface area contributed by atoms with Gasteiger partial charge in [0.25, 0.3) is 0 Å². The predicted molar refractivity (Wildman–Crippen MR) is 177 cm³/mol. The summed E-state index contributed by atoms with van der Waals surface area (Å²) in [6.07, 6.45) is 11.0. The molecule has 0 aromatic rings. The van der Waals surface area contributed by atoms with Crippen LogP contribution in [0.5, 0.6) is 0 Å². The van der Waals surface area contributed by atoms with Crippen LogP contribution in [-0.4, -0.2) is 116 Å². The molecule has 0 N–H and O–H groups in total. The van der Waals surface area contributed by atoms with Crippen molar-refractivity contribution in [1.29, 1.82) is 0 Å². The maximum Gasteiger partial charge on any atom is 0.0737 e. The number of methoxy groups -OCH3 is 2. The third kappa shape index (κ3) is 34.1. The molecule has 0 aliphatic carbocycles. The fourth-order valence-electron chi connectivity index (χ4n) is 2.91. The van der Waals surface area contributed by atoms with Crippen molar-refractivity contribution in [3.63, 3.8) is 0 Å². The minimum absolute atomic E-state index is 0. The maximum absolute atomic E-state index is 11.9. The third-order valence-electron chi connectivity index (χ3n) is 5.27. The van der Waals surface area contributed by atoms with E-state index in [0.717, 1.165) is 13.2 Å². The number of nitrogens with zero attached hydrogens (tertiary/aromatic N) is 2. The Kier molecular flexibility index (Phi) is 36.3. The summed E-state index contributed by atoms with van der Waals surface area (Å²) in [5, 5.41) is 23.7. The van der Waals surface area contributed by atoms with Crippen LogP contribution in [-0.2, 0) is 39.1 Å². The molecule has 0 spiro atoms. The van der Waals surface area contributed by atoms with Gasteiger partial charge in [-0.1, -0.05) is 23.7 Å². The minimum Gasteiger partial charge on any atom is -0.873 e. The first-order chi connectivity index (χ1) is 18.7. The molecule has 0 aliphatic rings. The first kappa shape index (κ1) is 47.7. The summed E-state index contributed by atoms with van der Waals surface area (Å²) in [5.41, 5.74) is -1.66. The molecule has 0 rings (SSSR count). The van der Waals surface area contributed by atoms with E-state index in [4.69, 9.17) is 18.9 Å². The quantitative estimate of drug-likeness (QED) is 0.0861. The first-order valence-corrected chi connectivity index (χ1v) is 19.7. The molecule has 0 aromatic heterocycles. The van der Waals surface area contributed by atoms with Crippen molar-refractivity contribution < 1.29 is 49.3 Å². The maximum atomic E-state index is 11.9. The van der Waals surface area contributed by atoms with Gasteiger partial charge in [0.1, 0.15) is 0 Å². The molecule has 0 saturated heterocycles. The van der Waals surface area contributed by atoms with Crippen molar-refractivity contribution in [1.82, 2.24) is 0 Å². The molecule has 0 saturated carbocycles. The molecule has 0 atom stereocenters. The van der Waals surface area contributed by atoms with Crippen LogP contribution in [0.2, 0.25) is 0 Å². The molecular formula is C30H62N2O6P2Tc. The van der Waals surface area contributed by atoms with E-state index in [-0.39, 0.29) is 47.5 Å². The molecule has 0 amide bonds. The van der Waals surface area contributed by atoms with Gasteiger partial charge >= 0.3 is 0 Å². The second kappa shape index (κ2) is 31.2. The van der Waals surface area contributed by atoms with Crippen LogP contribution in [0.3, 0.4) is 0 Å². The molecule has 0 heterocycles. The van der Waals surface area contributed by atoms with Crippen molar-refractivity contribution >= 4 is 28.3 Å². The van der Waals surface area contributed by atoms with E-state index >= 15 is 0 Å². The van der Waals surface area contributed by atoms with Crippen molar-refractivity contribution in [3.8, 4) is 0 Å². The third-order valence-corrected chi connectivity index (χ3v) is 7.98. The zero-order chi connectivity index (χ0) is 31.5. The first-order valence-electron chi connectivity index (χ1n) is 14.3. The Balaban J connectivity index is -0.000000329. The van der Waals surface area contributed by atoms with E-state index in [1.54, 1.807) is 41.9 Å². The van der Waals surface area contributed by atoms with E-state index in [1.807, 2.05) is 13.8 Å². The van der Waals surface area contributed by atoms with Gasteiger partial charge in [-0.15, -0.1) is 0 Å². The summed E-state index contributed by atoms with van der Waals surface area (Å²) >= 11 is 0. The summed E-state index contributed by atoms with van der Waals surface area (Å²) in [4.78, 5) is 8.17. The molecule has 41 heavy (non-hydrogen) atoms. The number of rotatable bonds is 19. The Bertz CT molecular complexity index is 642. The van der Waals surface area contributed by atoms with Gasteiger partial charge in [-0.3, -0.25) is 9.98 Å². The summed E-state index contributed by atoms with van der Waals surface area (Å²) in [7, 11) is 3.55. The van der Waals surface area contributed by atoms with E-state index in [9.17, 15) is 10.2 Å². The topological polar surface area (TPSA) is 108 Å². The second-order valence-electron chi connectivity index (χ2n) is 10.7. The smallest absolute Gasteiger partial charge is 0.0737 e. The van der Waals surface area contributed by atoms with Gasteiger partial charge in [-0.2, -0.15) is 0 Å². The van der Waals surface area contributed by atoms with E-state index in [0.29, 0.717) is 26.3 Å². The number of hydrogen-bond donors (Lipinski definition) is 0. The van der Waals surface area contributed by atoms with Crippen molar-refractivity contribution in [2.45, 2.75) is 65.6 Å². The average molecular weight is 708 g/mol. The number of ether oxygens (including phenoxy) is 4. The van der Waals surface area contributed by atoms with Crippen LogP contribution >= 0.6 is 15.8 Å². The Morgan fingerprint density at radius 3 is 1.24 bits per heavy atom. The molecule has 0 aliphatic heterocycles. The predicted octanol–water partition coefficient (Wildman–Crippen LogP) is 4.24. The molecule has 245 valence electrons. The number of aliphatic imine (C=N–C) groups is 2. The summed E-state index contributed by atoms with van der Waals surface area (Å²) in [6, 6.07) is 0. The normalized spacial score (nSPS) is 12.8. The molecule has 0 fully saturated rings. The largest absolute Gasteiger partial charge is 0.873 e. The Morgan fingerprint density at radius 2 is 1.00 bits per heavy atom. The summed E-state index contributed by atoms with van der Waals surface area (Å²) in [5.74, 6) is -0.262. The summed E-state index contributed by atoms with van der Waals surface area (Å²) < 4.78 is 20.5. The summed E-state index contributed by atoms with van der Waals surface area (Å²) in [6.45, 7) is 23.6. The van der Waals surface area contributed by atoms with Crippen LogP contribution in [0.25, 0.3) is 0 Å². The molecule has 8 nitrogen and oxygen atoms in total. The fourth-order valence-corrected chi connectivity index (χ4v) is 4.61. The van der Waals surface area contributed by atoms with Gasteiger partial charge < -0.3 is 29.2 Å². The molecule has 0 bridgehead atoms. The van der Waals surface area contributed by atoms with Crippen LogP contribution in [0.15, 0.2) is 33.7 Å². The molecular weight excluding hydrogens is 645 g/mol. The Hall–Kier alpha value is -0.231. The van der Waals surface area contributed by atoms with Crippen LogP contribution in [0.1, 0.15) is 54.4 Å². The second-order valence-corrected chi connectivity index (χ2v) is 16.5. The van der Waals surface area contributed by atoms with Crippen molar-refractivity contribution in [2.75, 3.05) is 92.7 Å². The molecule has 0 aromatic carbocycles. The van der Waals surface area contributed by atoms with Gasteiger partial charge in [0, 0.05) is 113 Å². The van der Waals surface area contributed by atoms with Gasteiger partial charge in [0.15, 0.2) is 0 Å². The van der Waals surface area contributed by atoms with Gasteiger partial charge in [0.05, 0.1) is 36.6 Å². The van der Waals surface area contributed by atoms with Crippen LogP contribution in [0.4, 0.5) is 0 Å². The zero-order valence-corrected chi connectivity index (χ0v) is 32.0. The van der Waals surface area contributed by atoms with Crippen molar-refractivity contribution in [2.24, 2.45) is 9.98 Å². The molecule has 1 radical (unpaired) electrons. The molecule has 0 unspecified atom stereocenters. The number of allylic oxidation sites excluding steroid dienone is 2. The zero-order valence-electron chi connectivity index (χ0n) is 28.1.